The van der Waals surface area contributed by atoms with Crippen LogP contribution in [-0.4, -0.2) is 30.8 Å². The highest BCUT2D eigenvalue weighted by molar-refractivity contribution is 7.11. The van der Waals surface area contributed by atoms with Crippen molar-refractivity contribution in [3.8, 4) is 5.75 Å². The highest BCUT2D eigenvalue weighted by Gasteiger charge is 2.13. The molecule has 1 atom stereocenters. The number of anilines is 1. The van der Waals surface area contributed by atoms with E-state index in [4.69, 9.17) is 6.57 Å². The summed E-state index contributed by atoms with van der Waals surface area (Å²) in [6, 6.07) is 2.93. The van der Waals surface area contributed by atoms with E-state index in [1.807, 2.05) is 6.92 Å². The molecule has 3 rings (SSSR count). The Hall–Kier alpha value is -3.16. The van der Waals surface area contributed by atoms with E-state index in [0.29, 0.717) is 33.7 Å². The number of nitrogens with zero attached hydrogens (tertiary/aromatic N) is 6. The topological polar surface area (TPSA) is 120 Å². The summed E-state index contributed by atoms with van der Waals surface area (Å²) in [4.78, 5) is 11.8. The van der Waals surface area contributed by atoms with E-state index in [9.17, 15) is 10.2 Å². The molecule has 9 nitrogen and oxygen atoms in total. The van der Waals surface area contributed by atoms with Crippen molar-refractivity contribution in [3.63, 3.8) is 0 Å². The van der Waals surface area contributed by atoms with Crippen molar-refractivity contribution in [2.75, 3.05) is 5.32 Å². The molecule has 0 fully saturated rings. The number of aliphatic hydroxyl groups excluding tert-OH is 1. The molecular formula is C17H17N7O2S. The average molecular weight is 383 g/mol. The number of aromatic nitrogens is 3. The predicted octanol–water partition coefficient (Wildman–Crippen LogP) is 4.60. The monoisotopic (exact) mass is 383 g/mol. The van der Waals surface area contributed by atoms with Gasteiger partial charge in [0.05, 0.1) is 12.1 Å². The van der Waals surface area contributed by atoms with Crippen molar-refractivity contribution in [1.82, 2.24) is 14.3 Å². The number of aryl methyl sites for hydroxylation is 1. The van der Waals surface area contributed by atoms with E-state index in [2.05, 4.69) is 34.7 Å². The second-order valence-corrected chi connectivity index (χ2v) is 6.49. The van der Waals surface area contributed by atoms with Crippen molar-refractivity contribution in [3.05, 3.63) is 35.4 Å². The van der Waals surface area contributed by atoms with Gasteiger partial charge in [0, 0.05) is 17.3 Å². The van der Waals surface area contributed by atoms with Crippen LogP contribution in [-0.2, 0) is 0 Å². The van der Waals surface area contributed by atoms with Gasteiger partial charge in [-0.15, -0.1) is 10.2 Å². The third-order valence-electron chi connectivity index (χ3n) is 3.74. The highest BCUT2D eigenvalue weighted by atomic mass is 32.1. The van der Waals surface area contributed by atoms with E-state index >= 15 is 0 Å². The smallest absolute Gasteiger partial charge is 0.234 e. The number of aromatic hydroxyl groups is 1. The second kappa shape index (κ2) is 8.03. The van der Waals surface area contributed by atoms with Gasteiger partial charge in [0.25, 0.3) is 0 Å². The van der Waals surface area contributed by atoms with Crippen LogP contribution in [0.4, 0.5) is 22.3 Å². The molecule has 0 bridgehead atoms. The van der Waals surface area contributed by atoms with Gasteiger partial charge in [0.15, 0.2) is 22.4 Å². The molecule has 0 spiro atoms. The molecule has 0 aliphatic rings. The fourth-order valence-corrected chi connectivity index (χ4v) is 3.07. The van der Waals surface area contributed by atoms with Crippen LogP contribution in [0.2, 0.25) is 0 Å². The van der Waals surface area contributed by atoms with Crippen molar-refractivity contribution in [2.45, 2.75) is 32.9 Å². The minimum absolute atomic E-state index is 0.0892. The lowest BCUT2D eigenvalue weighted by Gasteiger charge is -2.13. The summed E-state index contributed by atoms with van der Waals surface area (Å²) in [6.45, 7) is 11.0. The van der Waals surface area contributed by atoms with Gasteiger partial charge in [-0.2, -0.15) is 0 Å². The van der Waals surface area contributed by atoms with E-state index in [-0.39, 0.29) is 17.4 Å². The molecule has 3 heterocycles. The quantitative estimate of drug-likeness (QED) is 0.325. The molecule has 27 heavy (non-hydrogen) atoms. The Morgan fingerprint density at radius 1 is 1.37 bits per heavy atom. The van der Waals surface area contributed by atoms with Gasteiger partial charge in [-0.3, -0.25) is 4.98 Å². The molecule has 0 aliphatic heterocycles. The Bertz CT molecular complexity index is 1040. The van der Waals surface area contributed by atoms with Gasteiger partial charge >= 0.3 is 0 Å². The maximum Gasteiger partial charge on any atom is 0.234 e. The van der Waals surface area contributed by atoms with Crippen LogP contribution in [0, 0.1) is 13.5 Å². The normalized spacial score (nSPS) is 12.4. The largest absolute Gasteiger partial charge is 0.504 e. The van der Waals surface area contributed by atoms with Gasteiger partial charge < -0.3 is 15.5 Å². The molecule has 3 aromatic rings. The van der Waals surface area contributed by atoms with Crippen LogP contribution in [0.15, 0.2) is 28.6 Å². The summed E-state index contributed by atoms with van der Waals surface area (Å²) in [5.41, 5.74) is 1.58. The van der Waals surface area contributed by atoms with E-state index in [0.717, 1.165) is 18.0 Å². The molecule has 0 radical (unpaired) electrons. The fourth-order valence-electron chi connectivity index (χ4n) is 2.38. The van der Waals surface area contributed by atoms with Crippen molar-refractivity contribution in [2.24, 2.45) is 10.2 Å². The molecule has 1 unspecified atom stereocenters. The lowest BCUT2D eigenvalue weighted by molar-refractivity contribution is 0.191. The molecule has 138 valence electrons. The Morgan fingerprint density at radius 3 is 2.93 bits per heavy atom. The number of aliphatic hydroxyl groups is 1. The standard InChI is InChI=1S/C17H17N7O2S/c1-4-5-13(26)21-16-11(25)6-7-12(20-16)22-23-17-10-8-19-9(2)14(18-3)15(10)24-27-17/h6-8,13,25-26H,4-5H2,1-2H3,(H,20,21). The summed E-state index contributed by atoms with van der Waals surface area (Å²) in [5, 5.41) is 31.8. The van der Waals surface area contributed by atoms with Crippen LogP contribution in [0.25, 0.3) is 15.7 Å². The number of nitrogens with one attached hydrogen (secondary N) is 1. The Morgan fingerprint density at radius 2 is 2.19 bits per heavy atom. The maximum absolute atomic E-state index is 9.88. The third kappa shape index (κ3) is 3.99. The second-order valence-electron chi connectivity index (χ2n) is 5.74. The first kappa shape index (κ1) is 18.6. The maximum atomic E-state index is 9.88. The predicted molar refractivity (Wildman–Crippen MR) is 103 cm³/mol. The van der Waals surface area contributed by atoms with Gasteiger partial charge in [0.1, 0.15) is 6.23 Å². The minimum Gasteiger partial charge on any atom is -0.504 e. The summed E-state index contributed by atoms with van der Waals surface area (Å²) >= 11 is 1.12. The molecule has 3 aromatic heterocycles. The van der Waals surface area contributed by atoms with E-state index in [1.54, 1.807) is 13.1 Å². The molecule has 0 saturated heterocycles. The third-order valence-corrected chi connectivity index (χ3v) is 4.49. The molecule has 0 amide bonds. The number of rotatable bonds is 6. The highest BCUT2D eigenvalue weighted by Crippen LogP contribution is 2.37. The number of hydrogen-bond acceptors (Lipinski definition) is 9. The van der Waals surface area contributed by atoms with Crippen LogP contribution >= 0.6 is 11.5 Å². The number of hydrogen-bond donors (Lipinski definition) is 3. The van der Waals surface area contributed by atoms with Crippen LogP contribution in [0.1, 0.15) is 25.5 Å². The molecule has 0 aliphatic carbocycles. The Balaban J connectivity index is 1.89. The van der Waals surface area contributed by atoms with Crippen molar-refractivity contribution >= 4 is 44.8 Å². The average Bonchev–Trinajstić information content (AvgIpc) is 3.05. The zero-order chi connectivity index (χ0) is 19.4. The molecule has 10 heteroatoms. The number of fused-ring (bicyclic) bond motifs is 1. The zero-order valence-electron chi connectivity index (χ0n) is 14.7. The SMILES string of the molecule is [C-]#[N+]c1c(C)ncc2c(N=Nc3ccc(O)c(NC(O)CCC)n3)snc12. The van der Waals surface area contributed by atoms with Crippen molar-refractivity contribution < 1.29 is 10.2 Å². The zero-order valence-corrected chi connectivity index (χ0v) is 15.5. The summed E-state index contributed by atoms with van der Waals surface area (Å²) < 4.78 is 4.28. The first-order valence-corrected chi connectivity index (χ1v) is 8.99. The summed E-state index contributed by atoms with van der Waals surface area (Å²) in [5.74, 6) is 0.300. The van der Waals surface area contributed by atoms with Crippen molar-refractivity contribution in [1.29, 1.82) is 0 Å². The molecular weight excluding hydrogens is 366 g/mol. The molecule has 0 aromatic carbocycles. The molecule has 0 saturated carbocycles. The van der Waals surface area contributed by atoms with Gasteiger partial charge in [-0.05, 0) is 37.0 Å². The summed E-state index contributed by atoms with van der Waals surface area (Å²) in [7, 11) is 0. The van der Waals surface area contributed by atoms with Crippen LogP contribution in [0.3, 0.4) is 0 Å². The van der Waals surface area contributed by atoms with E-state index < -0.39 is 6.23 Å². The lowest BCUT2D eigenvalue weighted by Crippen LogP contribution is -2.18. The van der Waals surface area contributed by atoms with Gasteiger partial charge in [-0.25, -0.2) is 14.2 Å². The summed E-state index contributed by atoms with van der Waals surface area (Å²) in [6.07, 6.45) is 2.12. The first-order valence-electron chi connectivity index (χ1n) is 8.22. The van der Waals surface area contributed by atoms with Gasteiger partial charge in [-0.1, -0.05) is 13.3 Å². The Kier molecular flexibility index (Phi) is 5.54. The first-order chi connectivity index (χ1) is 13.0. The van der Waals surface area contributed by atoms with E-state index in [1.165, 1.54) is 12.1 Å². The Labute approximate surface area is 159 Å². The molecule has 3 N–H and O–H groups in total. The minimum atomic E-state index is -0.813. The fraction of sp³-hybridized carbons (Fsp3) is 0.294. The number of pyridine rings is 2. The van der Waals surface area contributed by atoms with Crippen LogP contribution < -0.4 is 5.32 Å². The van der Waals surface area contributed by atoms with Crippen LogP contribution in [0.5, 0.6) is 5.75 Å². The number of azo groups is 1. The lowest BCUT2D eigenvalue weighted by atomic mass is 10.2. The van der Waals surface area contributed by atoms with Gasteiger partial charge in [0.2, 0.25) is 5.69 Å².